The Balaban J connectivity index is 1.78. The maximum absolute atomic E-state index is 5.42. The van der Waals surface area contributed by atoms with Crippen molar-refractivity contribution in [2.45, 2.75) is 57.9 Å². The van der Waals surface area contributed by atoms with E-state index in [4.69, 9.17) is 4.42 Å². The van der Waals surface area contributed by atoms with Crippen molar-refractivity contribution in [1.29, 1.82) is 0 Å². The lowest BCUT2D eigenvalue weighted by atomic mass is 9.76. The van der Waals surface area contributed by atoms with Gasteiger partial charge in [0, 0.05) is 12.5 Å². The van der Waals surface area contributed by atoms with Crippen LogP contribution in [0.15, 0.2) is 22.8 Å². The quantitative estimate of drug-likeness (QED) is 0.824. The molecule has 1 atom stereocenters. The van der Waals surface area contributed by atoms with E-state index in [9.17, 15) is 0 Å². The Labute approximate surface area is 111 Å². The second-order valence-corrected chi connectivity index (χ2v) is 5.70. The topological polar surface area (TPSA) is 25.2 Å². The van der Waals surface area contributed by atoms with Gasteiger partial charge in [-0.3, -0.25) is 0 Å². The fraction of sp³-hybridized carbons (Fsp3) is 0.750. The third kappa shape index (κ3) is 3.61. The summed E-state index contributed by atoms with van der Waals surface area (Å²) in [5.74, 6) is 2.98. The molecule has 0 aromatic carbocycles. The van der Waals surface area contributed by atoms with Crippen LogP contribution < -0.4 is 5.32 Å². The molecule has 2 heteroatoms. The maximum Gasteiger partial charge on any atom is 0.103 e. The smallest absolute Gasteiger partial charge is 0.103 e. The van der Waals surface area contributed by atoms with E-state index in [1.807, 2.05) is 6.07 Å². The molecular formula is C16H27NO. The molecule has 1 saturated carbocycles. The molecular weight excluding hydrogens is 222 g/mol. The van der Waals surface area contributed by atoms with Gasteiger partial charge in [0.1, 0.15) is 5.76 Å². The summed E-state index contributed by atoms with van der Waals surface area (Å²) in [5.41, 5.74) is 0. The predicted octanol–water partition coefficient (Wildman–Crippen LogP) is 4.02. The molecule has 2 nitrogen and oxygen atoms in total. The molecule has 0 amide bonds. The van der Waals surface area contributed by atoms with Gasteiger partial charge in [-0.25, -0.2) is 0 Å². The first-order valence-corrected chi connectivity index (χ1v) is 7.53. The maximum atomic E-state index is 5.42. The van der Waals surface area contributed by atoms with Crippen molar-refractivity contribution >= 4 is 0 Å². The van der Waals surface area contributed by atoms with Crippen LogP contribution in [0.25, 0.3) is 0 Å². The van der Waals surface area contributed by atoms with Gasteiger partial charge in [-0.15, -0.1) is 0 Å². The van der Waals surface area contributed by atoms with Gasteiger partial charge < -0.3 is 9.73 Å². The number of hydrogen-bond donors (Lipinski definition) is 1. The van der Waals surface area contributed by atoms with Gasteiger partial charge in [0.2, 0.25) is 0 Å². The van der Waals surface area contributed by atoms with Crippen molar-refractivity contribution in [3.63, 3.8) is 0 Å². The summed E-state index contributed by atoms with van der Waals surface area (Å²) in [6, 6.07) is 4.73. The summed E-state index contributed by atoms with van der Waals surface area (Å²) in [5, 5.41) is 3.53. The average molecular weight is 249 g/mol. The molecule has 0 bridgehead atoms. The largest absolute Gasteiger partial charge is 0.469 e. The van der Waals surface area contributed by atoms with Crippen molar-refractivity contribution in [2.24, 2.45) is 11.8 Å². The Morgan fingerprint density at radius 3 is 2.67 bits per heavy atom. The van der Waals surface area contributed by atoms with Crippen LogP contribution in [0.1, 0.15) is 51.2 Å². The third-order valence-electron chi connectivity index (χ3n) is 4.69. The van der Waals surface area contributed by atoms with E-state index in [1.54, 1.807) is 6.26 Å². The Hall–Kier alpha value is -0.760. The van der Waals surface area contributed by atoms with Gasteiger partial charge in [-0.05, 0) is 50.3 Å². The lowest BCUT2D eigenvalue weighted by Gasteiger charge is -2.33. The van der Waals surface area contributed by atoms with E-state index in [1.165, 1.54) is 38.5 Å². The zero-order chi connectivity index (χ0) is 12.8. The van der Waals surface area contributed by atoms with Gasteiger partial charge in [0.25, 0.3) is 0 Å². The summed E-state index contributed by atoms with van der Waals surface area (Å²) >= 11 is 0. The van der Waals surface area contributed by atoms with Crippen molar-refractivity contribution in [3.05, 3.63) is 24.2 Å². The standard InChI is InChI=1S/C16H27NO/c1-3-13-6-8-14(9-7-13)16(17-2)11-10-15-5-4-12-18-15/h4-5,12-14,16-17H,3,6-11H2,1-2H3. The minimum Gasteiger partial charge on any atom is -0.469 e. The third-order valence-corrected chi connectivity index (χ3v) is 4.69. The van der Waals surface area contributed by atoms with Crippen molar-refractivity contribution < 1.29 is 4.42 Å². The van der Waals surface area contributed by atoms with Gasteiger partial charge >= 0.3 is 0 Å². The summed E-state index contributed by atoms with van der Waals surface area (Å²) < 4.78 is 5.42. The van der Waals surface area contributed by atoms with Crippen LogP contribution in [0, 0.1) is 11.8 Å². The predicted molar refractivity (Wildman–Crippen MR) is 75.6 cm³/mol. The van der Waals surface area contributed by atoms with Crippen molar-refractivity contribution in [2.75, 3.05) is 7.05 Å². The Morgan fingerprint density at radius 2 is 2.11 bits per heavy atom. The van der Waals surface area contributed by atoms with E-state index in [2.05, 4.69) is 25.4 Å². The molecule has 1 aromatic rings. The van der Waals surface area contributed by atoms with E-state index < -0.39 is 0 Å². The van der Waals surface area contributed by atoms with Gasteiger partial charge in [0.05, 0.1) is 6.26 Å². The fourth-order valence-corrected chi connectivity index (χ4v) is 3.37. The summed E-state index contributed by atoms with van der Waals surface area (Å²) in [7, 11) is 2.11. The molecule has 102 valence electrons. The molecule has 1 N–H and O–H groups in total. The molecule has 1 heterocycles. The first-order chi connectivity index (χ1) is 8.83. The lowest BCUT2D eigenvalue weighted by Crippen LogP contribution is -2.36. The van der Waals surface area contributed by atoms with Gasteiger partial charge in [-0.1, -0.05) is 26.2 Å². The van der Waals surface area contributed by atoms with E-state index in [0.29, 0.717) is 6.04 Å². The van der Waals surface area contributed by atoms with Crippen molar-refractivity contribution in [1.82, 2.24) is 5.32 Å². The van der Waals surface area contributed by atoms with Gasteiger partial charge in [-0.2, -0.15) is 0 Å². The highest BCUT2D eigenvalue weighted by Crippen LogP contribution is 2.33. The molecule has 0 spiro atoms. The normalized spacial score (nSPS) is 26.1. The Kier molecular flexibility index (Phi) is 5.30. The van der Waals surface area contributed by atoms with E-state index in [-0.39, 0.29) is 0 Å². The Bertz CT molecular complexity index is 312. The molecule has 1 fully saturated rings. The van der Waals surface area contributed by atoms with Crippen LogP contribution in [0.3, 0.4) is 0 Å². The Morgan fingerprint density at radius 1 is 1.33 bits per heavy atom. The van der Waals surface area contributed by atoms with Crippen molar-refractivity contribution in [3.8, 4) is 0 Å². The monoisotopic (exact) mass is 249 g/mol. The number of nitrogens with one attached hydrogen (secondary N) is 1. The highest BCUT2D eigenvalue weighted by molar-refractivity contribution is 4.99. The van der Waals surface area contributed by atoms with Gasteiger partial charge in [0.15, 0.2) is 0 Å². The van der Waals surface area contributed by atoms with E-state index >= 15 is 0 Å². The summed E-state index contributed by atoms with van der Waals surface area (Å²) in [6.07, 6.45) is 11.1. The minimum absolute atomic E-state index is 0.660. The lowest BCUT2D eigenvalue weighted by molar-refractivity contribution is 0.215. The van der Waals surface area contributed by atoms with E-state index in [0.717, 1.165) is 24.0 Å². The molecule has 1 unspecified atom stereocenters. The highest BCUT2D eigenvalue weighted by Gasteiger charge is 2.25. The molecule has 0 radical (unpaired) electrons. The van der Waals surface area contributed by atoms with Crippen LogP contribution in [-0.4, -0.2) is 13.1 Å². The number of hydrogen-bond acceptors (Lipinski definition) is 2. The molecule has 0 aliphatic heterocycles. The molecule has 1 aliphatic carbocycles. The molecule has 18 heavy (non-hydrogen) atoms. The second-order valence-electron chi connectivity index (χ2n) is 5.70. The summed E-state index contributed by atoms with van der Waals surface area (Å²) in [4.78, 5) is 0. The highest BCUT2D eigenvalue weighted by atomic mass is 16.3. The number of aryl methyl sites for hydroxylation is 1. The van der Waals surface area contributed by atoms with Crippen LogP contribution in [-0.2, 0) is 6.42 Å². The molecule has 2 rings (SSSR count). The SMILES string of the molecule is CCC1CCC(C(CCc2ccco2)NC)CC1. The van der Waals surface area contributed by atoms with Crippen LogP contribution in [0.4, 0.5) is 0 Å². The number of furan rings is 1. The van der Waals surface area contributed by atoms with Crippen LogP contribution in [0.5, 0.6) is 0 Å². The first kappa shape index (κ1) is 13.7. The minimum atomic E-state index is 0.660. The number of rotatable bonds is 6. The zero-order valence-electron chi connectivity index (χ0n) is 11.8. The second kappa shape index (κ2) is 6.98. The molecule has 0 saturated heterocycles. The van der Waals surface area contributed by atoms with Crippen LogP contribution in [0.2, 0.25) is 0 Å². The molecule has 1 aliphatic rings. The summed E-state index contributed by atoms with van der Waals surface area (Å²) in [6.45, 7) is 2.33. The van der Waals surface area contributed by atoms with Crippen LogP contribution >= 0.6 is 0 Å². The zero-order valence-corrected chi connectivity index (χ0v) is 11.8. The first-order valence-electron chi connectivity index (χ1n) is 7.53. The fourth-order valence-electron chi connectivity index (χ4n) is 3.37. The average Bonchev–Trinajstić information content (AvgIpc) is 2.93. The molecule has 1 aromatic heterocycles.